The van der Waals surface area contributed by atoms with E-state index in [2.05, 4.69) is 24.0 Å². The molecule has 0 spiro atoms. The maximum absolute atomic E-state index is 9.76. The number of phenolic OH excluding ortho intramolecular Hbond substituents is 1. The number of methoxy groups -OCH3 is 3. The van der Waals surface area contributed by atoms with Gasteiger partial charge in [-0.1, -0.05) is 6.07 Å². The van der Waals surface area contributed by atoms with Crippen LogP contribution in [0.2, 0.25) is 0 Å². The molecule has 1 atom stereocenters. The molecule has 0 bridgehead atoms. The second kappa shape index (κ2) is 7.87. The van der Waals surface area contributed by atoms with Gasteiger partial charge in [0.15, 0.2) is 23.0 Å². The summed E-state index contributed by atoms with van der Waals surface area (Å²) < 4.78 is 16.1. The molecule has 5 nitrogen and oxygen atoms in total. The molecule has 1 heterocycles. The number of fused-ring (bicyclic) bond motifs is 1. The maximum Gasteiger partial charge on any atom is 0.161 e. The highest BCUT2D eigenvalue weighted by Gasteiger charge is 2.23. The summed E-state index contributed by atoms with van der Waals surface area (Å²) in [7, 11) is 4.92. The number of phenols is 1. The van der Waals surface area contributed by atoms with E-state index in [1.165, 1.54) is 11.1 Å². The minimum absolute atomic E-state index is 0.178. The molecule has 0 radical (unpaired) electrons. The largest absolute Gasteiger partial charge is 0.504 e. The van der Waals surface area contributed by atoms with Crippen LogP contribution in [0.5, 0.6) is 23.0 Å². The third-order valence-electron chi connectivity index (χ3n) is 5.15. The second-order valence-corrected chi connectivity index (χ2v) is 6.76. The Balaban J connectivity index is 1.73. The zero-order chi connectivity index (χ0) is 18.7. The molecule has 1 aliphatic heterocycles. The van der Waals surface area contributed by atoms with E-state index in [0.29, 0.717) is 11.8 Å². The Labute approximate surface area is 155 Å². The first-order chi connectivity index (χ1) is 12.5. The molecule has 1 N–H and O–H groups in total. The first-order valence-corrected chi connectivity index (χ1v) is 8.89. The second-order valence-electron chi connectivity index (χ2n) is 6.76. The maximum atomic E-state index is 9.76. The summed E-state index contributed by atoms with van der Waals surface area (Å²) in [6.07, 6.45) is 1.90. The van der Waals surface area contributed by atoms with Crippen LogP contribution in [-0.2, 0) is 19.4 Å². The lowest BCUT2D eigenvalue weighted by molar-refractivity contribution is 0.189. The summed E-state index contributed by atoms with van der Waals surface area (Å²) in [6.45, 7) is 4.15. The average Bonchev–Trinajstić information content (AvgIpc) is 2.67. The Morgan fingerprint density at radius 3 is 2.27 bits per heavy atom. The number of nitrogens with zero attached hydrogens (tertiary/aromatic N) is 1. The van der Waals surface area contributed by atoms with Gasteiger partial charge in [-0.15, -0.1) is 0 Å². The smallest absolute Gasteiger partial charge is 0.161 e. The first kappa shape index (κ1) is 18.4. The van der Waals surface area contributed by atoms with Gasteiger partial charge in [-0.25, -0.2) is 0 Å². The zero-order valence-electron chi connectivity index (χ0n) is 15.9. The van der Waals surface area contributed by atoms with Gasteiger partial charge >= 0.3 is 0 Å². The fraction of sp³-hybridized carbons (Fsp3) is 0.429. The molecule has 0 fully saturated rings. The molecule has 2 aromatic carbocycles. The molecule has 1 aliphatic rings. The zero-order valence-corrected chi connectivity index (χ0v) is 15.9. The van der Waals surface area contributed by atoms with Gasteiger partial charge in [0.2, 0.25) is 0 Å². The van der Waals surface area contributed by atoms with Gasteiger partial charge in [0.05, 0.1) is 21.3 Å². The summed E-state index contributed by atoms with van der Waals surface area (Å²) in [4.78, 5) is 2.48. The third-order valence-corrected chi connectivity index (χ3v) is 5.15. The van der Waals surface area contributed by atoms with Gasteiger partial charge in [0.1, 0.15) is 0 Å². The quantitative estimate of drug-likeness (QED) is 0.859. The van der Waals surface area contributed by atoms with E-state index in [4.69, 9.17) is 14.2 Å². The number of ether oxygens (including phenoxy) is 3. The molecule has 26 heavy (non-hydrogen) atoms. The van der Waals surface area contributed by atoms with Crippen molar-refractivity contribution in [2.75, 3.05) is 27.9 Å². The number of rotatable bonds is 6. The standard InChI is InChI=1S/C21H27NO4/c1-14(9-15-5-6-18(23)19(10-15)24-2)22-8-7-16-11-20(25-3)21(26-4)12-17(16)13-22/h5-6,10-12,14,23H,7-9,13H2,1-4H3/t14-/m1/s1. The monoisotopic (exact) mass is 357 g/mol. The van der Waals surface area contributed by atoms with E-state index in [9.17, 15) is 5.11 Å². The molecule has 5 heteroatoms. The van der Waals surface area contributed by atoms with Crippen molar-refractivity contribution in [3.05, 3.63) is 47.0 Å². The highest BCUT2D eigenvalue weighted by Crippen LogP contribution is 2.34. The molecule has 3 rings (SSSR count). The van der Waals surface area contributed by atoms with E-state index >= 15 is 0 Å². The van der Waals surface area contributed by atoms with Crippen molar-refractivity contribution < 1.29 is 19.3 Å². The molecule has 140 valence electrons. The van der Waals surface area contributed by atoms with Crippen molar-refractivity contribution in [3.8, 4) is 23.0 Å². The van der Waals surface area contributed by atoms with Crippen LogP contribution >= 0.6 is 0 Å². The van der Waals surface area contributed by atoms with E-state index in [0.717, 1.165) is 43.0 Å². The van der Waals surface area contributed by atoms with Crippen molar-refractivity contribution in [1.29, 1.82) is 0 Å². The summed E-state index contributed by atoms with van der Waals surface area (Å²) in [5, 5.41) is 9.76. The molecular weight excluding hydrogens is 330 g/mol. The average molecular weight is 357 g/mol. The molecule has 0 aromatic heterocycles. The summed E-state index contributed by atoms with van der Waals surface area (Å²) in [5.74, 6) is 2.28. The Kier molecular flexibility index (Phi) is 5.57. The number of benzene rings is 2. The van der Waals surface area contributed by atoms with Crippen molar-refractivity contribution in [2.24, 2.45) is 0 Å². The van der Waals surface area contributed by atoms with Gasteiger partial charge in [-0.2, -0.15) is 0 Å². The van der Waals surface area contributed by atoms with E-state index < -0.39 is 0 Å². The molecule has 0 saturated carbocycles. The van der Waals surface area contributed by atoms with E-state index in [1.807, 2.05) is 12.1 Å². The van der Waals surface area contributed by atoms with Gasteiger partial charge < -0.3 is 19.3 Å². The van der Waals surface area contributed by atoms with Crippen LogP contribution in [0, 0.1) is 0 Å². The predicted octanol–water partition coefficient (Wildman–Crippen LogP) is 3.41. The Morgan fingerprint density at radius 2 is 1.62 bits per heavy atom. The van der Waals surface area contributed by atoms with Gasteiger partial charge in [-0.05, 0) is 60.7 Å². The van der Waals surface area contributed by atoms with Gasteiger partial charge in [0.25, 0.3) is 0 Å². The topological polar surface area (TPSA) is 51.2 Å². The number of hydrogen-bond donors (Lipinski definition) is 1. The van der Waals surface area contributed by atoms with Crippen LogP contribution in [-0.4, -0.2) is 43.9 Å². The molecule has 0 aliphatic carbocycles. The van der Waals surface area contributed by atoms with Crippen molar-refractivity contribution in [2.45, 2.75) is 32.4 Å². The van der Waals surface area contributed by atoms with Crippen molar-refractivity contribution >= 4 is 0 Å². The predicted molar refractivity (Wildman–Crippen MR) is 101 cm³/mol. The molecule has 0 amide bonds. The highest BCUT2D eigenvalue weighted by molar-refractivity contribution is 5.48. The number of aromatic hydroxyl groups is 1. The van der Waals surface area contributed by atoms with Crippen LogP contribution in [0.4, 0.5) is 0 Å². The Morgan fingerprint density at radius 1 is 0.962 bits per heavy atom. The lowest BCUT2D eigenvalue weighted by Crippen LogP contribution is -2.38. The van der Waals surface area contributed by atoms with Crippen molar-refractivity contribution in [1.82, 2.24) is 4.90 Å². The van der Waals surface area contributed by atoms with Crippen LogP contribution in [0.15, 0.2) is 30.3 Å². The minimum Gasteiger partial charge on any atom is -0.504 e. The number of hydrogen-bond acceptors (Lipinski definition) is 5. The van der Waals surface area contributed by atoms with Gasteiger partial charge in [0, 0.05) is 19.1 Å². The fourth-order valence-corrected chi connectivity index (χ4v) is 3.60. The van der Waals surface area contributed by atoms with Crippen LogP contribution in [0.25, 0.3) is 0 Å². The van der Waals surface area contributed by atoms with Crippen LogP contribution in [0.3, 0.4) is 0 Å². The van der Waals surface area contributed by atoms with E-state index in [-0.39, 0.29) is 5.75 Å². The summed E-state index contributed by atoms with van der Waals surface area (Å²) in [6, 6.07) is 10.1. The minimum atomic E-state index is 0.178. The molecular formula is C21H27NO4. The SMILES string of the molecule is COc1cc(C[C@@H](C)N2CCc3cc(OC)c(OC)cc3C2)ccc1O. The Bertz CT molecular complexity index is 775. The van der Waals surface area contributed by atoms with Crippen LogP contribution < -0.4 is 14.2 Å². The molecule has 2 aromatic rings. The first-order valence-electron chi connectivity index (χ1n) is 8.89. The normalized spacial score (nSPS) is 15.2. The van der Waals surface area contributed by atoms with Gasteiger partial charge in [-0.3, -0.25) is 4.90 Å². The summed E-state index contributed by atoms with van der Waals surface area (Å²) >= 11 is 0. The Hall–Kier alpha value is -2.40. The molecule has 0 unspecified atom stereocenters. The lowest BCUT2D eigenvalue weighted by Gasteiger charge is -2.34. The van der Waals surface area contributed by atoms with Crippen molar-refractivity contribution in [3.63, 3.8) is 0 Å². The fourth-order valence-electron chi connectivity index (χ4n) is 3.60. The third kappa shape index (κ3) is 3.73. The van der Waals surface area contributed by atoms with E-state index in [1.54, 1.807) is 27.4 Å². The molecule has 0 saturated heterocycles. The summed E-state index contributed by atoms with van der Waals surface area (Å²) in [5.41, 5.74) is 3.78. The van der Waals surface area contributed by atoms with Crippen LogP contribution in [0.1, 0.15) is 23.6 Å². The lowest BCUT2D eigenvalue weighted by atomic mass is 9.96. The highest BCUT2D eigenvalue weighted by atomic mass is 16.5.